The Morgan fingerprint density at radius 2 is 2.07 bits per heavy atom. The summed E-state index contributed by atoms with van der Waals surface area (Å²) in [4.78, 5) is 1.24. The smallest absolute Gasteiger partial charge is 0.0604 e. The lowest BCUT2D eigenvalue weighted by Gasteiger charge is -2.04. The molecule has 1 aromatic rings. The average Bonchev–Trinajstić information content (AvgIpc) is 2.25. The highest BCUT2D eigenvalue weighted by Gasteiger charge is 1.93. The fourth-order valence-electron chi connectivity index (χ4n) is 1.02. The van der Waals surface area contributed by atoms with Crippen molar-refractivity contribution >= 4 is 17.4 Å². The first-order valence-corrected chi connectivity index (χ1v) is 5.54. The monoisotopic (exact) mass is 209 g/mol. The van der Waals surface area contributed by atoms with E-state index in [2.05, 4.69) is 24.0 Å². The van der Waals surface area contributed by atoms with E-state index < -0.39 is 0 Å². The third-order valence-electron chi connectivity index (χ3n) is 1.66. The van der Waals surface area contributed by atoms with Crippen molar-refractivity contribution in [2.45, 2.75) is 4.90 Å². The number of nitrogens with one attached hydrogen (secondary N) is 1. The first kappa shape index (κ1) is 11.1. The van der Waals surface area contributed by atoms with Crippen LogP contribution >= 0.6 is 11.8 Å². The SMILES string of the molecule is C=CCSc1ccc(NCCO)cc1. The molecule has 0 atom stereocenters. The van der Waals surface area contributed by atoms with Crippen LogP contribution in [0.15, 0.2) is 41.8 Å². The molecule has 0 aliphatic carbocycles. The second kappa shape index (κ2) is 6.51. The Balaban J connectivity index is 2.46. The molecule has 0 aliphatic heterocycles. The van der Waals surface area contributed by atoms with Crippen LogP contribution < -0.4 is 5.32 Å². The highest BCUT2D eigenvalue weighted by molar-refractivity contribution is 7.99. The Morgan fingerprint density at radius 1 is 1.36 bits per heavy atom. The summed E-state index contributed by atoms with van der Waals surface area (Å²) in [5.74, 6) is 0.934. The molecule has 0 saturated heterocycles. The molecule has 0 heterocycles. The molecule has 0 fully saturated rings. The third-order valence-corrected chi connectivity index (χ3v) is 2.67. The van der Waals surface area contributed by atoms with Gasteiger partial charge in [-0.25, -0.2) is 0 Å². The third kappa shape index (κ3) is 3.85. The summed E-state index contributed by atoms with van der Waals surface area (Å²) < 4.78 is 0. The number of rotatable bonds is 6. The molecule has 0 aromatic heterocycles. The van der Waals surface area contributed by atoms with Crippen LogP contribution in [0.1, 0.15) is 0 Å². The lowest BCUT2D eigenvalue weighted by Crippen LogP contribution is -2.04. The van der Waals surface area contributed by atoms with Crippen molar-refractivity contribution in [3.05, 3.63) is 36.9 Å². The summed E-state index contributed by atoms with van der Waals surface area (Å²) in [7, 11) is 0. The maximum absolute atomic E-state index is 8.62. The van der Waals surface area contributed by atoms with Crippen molar-refractivity contribution in [1.82, 2.24) is 0 Å². The van der Waals surface area contributed by atoms with Gasteiger partial charge >= 0.3 is 0 Å². The largest absolute Gasteiger partial charge is 0.395 e. The molecule has 1 rings (SSSR count). The standard InChI is InChI=1S/C11H15NOS/c1-2-9-14-11-5-3-10(4-6-11)12-7-8-13/h2-6,12-13H,1,7-9H2. The molecular weight excluding hydrogens is 194 g/mol. The second-order valence-electron chi connectivity index (χ2n) is 2.77. The quantitative estimate of drug-likeness (QED) is 0.557. The van der Waals surface area contributed by atoms with Crippen molar-refractivity contribution in [3.63, 3.8) is 0 Å². The lowest BCUT2D eigenvalue weighted by atomic mass is 10.3. The van der Waals surface area contributed by atoms with Crippen LogP contribution in [-0.2, 0) is 0 Å². The summed E-state index contributed by atoms with van der Waals surface area (Å²) in [6.07, 6.45) is 1.89. The molecule has 14 heavy (non-hydrogen) atoms. The second-order valence-corrected chi connectivity index (χ2v) is 3.87. The topological polar surface area (TPSA) is 32.3 Å². The Hall–Kier alpha value is -0.930. The fourth-order valence-corrected chi connectivity index (χ4v) is 1.66. The van der Waals surface area contributed by atoms with Crippen LogP contribution in [0.2, 0.25) is 0 Å². The first-order valence-electron chi connectivity index (χ1n) is 4.55. The van der Waals surface area contributed by atoms with Crippen LogP contribution in [-0.4, -0.2) is 24.0 Å². The van der Waals surface area contributed by atoms with E-state index in [4.69, 9.17) is 5.11 Å². The minimum atomic E-state index is 0.160. The molecule has 0 bridgehead atoms. The van der Waals surface area contributed by atoms with Crippen LogP contribution in [0.4, 0.5) is 5.69 Å². The molecule has 2 N–H and O–H groups in total. The van der Waals surface area contributed by atoms with E-state index in [1.54, 1.807) is 11.8 Å². The number of aliphatic hydroxyl groups excluding tert-OH is 1. The highest BCUT2D eigenvalue weighted by Crippen LogP contribution is 2.19. The molecule has 0 saturated carbocycles. The Labute approximate surface area is 89.0 Å². The van der Waals surface area contributed by atoms with Gasteiger partial charge in [0.25, 0.3) is 0 Å². The van der Waals surface area contributed by atoms with E-state index >= 15 is 0 Å². The summed E-state index contributed by atoms with van der Waals surface area (Å²) >= 11 is 1.76. The van der Waals surface area contributed by atoms with Crippen molar-refractivity contribution in [1.29, 1.82) is 0 Å². The number of hydrogen-bond acceptors (Lipinski definition) is 3. The van der Waals surface area contributed by atoms with E-state index in [9.17, 15) is 0 Å². The maximum atomic E-state index is 8.62. The Morgan fingerprint density at radius 3 is 2.64 bits per heavy atom. The van der Waals surface area contributed by atoms with Crippen LogP contribution in [0.5, 0.6) is 0 Å². The van der Waals surface area contributed by atoms with Gasteiger partial charge in [-0.2, -0.15) is 0 Å². The highest BCUT2D eigenvalue weighted by atomic mass is 32.2. The van der Waals surface area contributed by atoms with Gasteiger partial charge in [-0.3, -0.25) is 0 Å². The van der Waals surface area contributed by atoms with E-state index in [0.717, 1.165) is 11.4 Å². The van der Waals surface area contributed by atoms with Crippen molar-refractivity contribution in [2.75, 3.05) is 24.2 Å². The molecule has 0 amide bonds. The zero-order valence-electron chi connectivity index (χ0n) is 8.07. The number of aliphatic hydroxyl groups is 1. The predicted molar refractivity (Wildman–Crippen MR) is 62.9 cm³/mol. The van der Waals surface area contributed by atoms with E-state index in [0.29, 0.717) is 6.54 Å². The molecule has 3 heteroatoms. The Kier molecular flexibility index (Phi) is 5.19. The molecule has 76 valence electrons. The summed E-state index contributed by atoms with van der Waals surface area (Å²) in [5.41, 5.74) is 1.04. The average molecular weight is 209 g/mol. The van der Waals surface area contributed by atoms with Gasteiger partial charge in [-0.15, -0.1) is 18.3 Å². The van der Waals surface area contributed by atoms with Crippen molar-refractivity contribution in [2.24, 2.45) is 0 Å². The van der Waals surface area contributed by atoms with Crippen molar-refractivity contribution < 1.29 is 5.11 Å². The van der Waals surface area contributed by atoms with Gasteiger partial charge in [-0.1, -0.05) is 6.08 Å². The maximum Gasteiger partial charge on any atom is 0.0604 e. The minimum absolute atomic E-state index is 0.160. The van der Waals surface area contributed by atoms with E-state index in [1.807, 2.05) is 18.2 Å². The molecule has 0 aliphatic rings. The molecule has 1 aromatic carbocycles. The number of hydrogen-bond donors (Lipinski definition) is 2. The minimum Gasteiger partial charge on any atom is -0.395 e. The normalized spacial score (nSPS) is 9.79. The summed E-state index contributed by atoms with van der Waals surface area (Å²) in [5, 5.41) is 11.7. The zero-order chi connectivity index (χ0) is 10.2. The van der Waals surface area contributed by atoms with Gasteiger partial charge in [0.15, 0.2) is 0 Å². The first-order chi connectivity index (χ1) is 6.86. The molecule has 0 spiro atoms. The van der Waals surface area contributed by atoms with Gasteiger partial charge in [0, 0.05) is 22.9 Å². The Bertz CT molecular complexity index is 271. The van der Waals surface area contributed by atoms with Crippen LogP contribution in [0.25, 0.3) is 0 Å². The van der Waals surface area contributed by atoms with E-state index in [-0.39, 0.29) is 6.61 Å². The predicted octanol–water partition coefficient (Wildman–Crippen LogP) is 2.37. The van der Waals surface area contributed by atoms with Gasteiger partial charge in [-0.05, 0) is 24.3 Å². The summed E-state index contributed by atoms with van der Waals surface area (Å²) in [6, 6.07) is 8.16. The molecule has 2 nitrogen and oxygen atoms in total. The van der Waals surface area contributed by atoms with Gasteiger partial charge in [0.1, 0.15) is 0 Å². The molecule has 0 unspecified atom stereocenters. The molecule has 0 radical (unpaired) electrons. The van der Waals surface area contributed by atoms with Crippen molar-refractivity contribution in [3.8, 4) is 0 Å². The van der Waals surface area contributed by atoms with Crippen LogP contribution in [0, 0.1) is 0 Å². The molecular formula is C11H15NOS. The lowest BCUT2D eigenvalue weighted by molar-refractivity contribution is 0.311. The van der Waals surface area contributed by atoms with Crippen LogP contribution in [0.3, 0.4) is 0 Å². The van der Waals surface area contributed by atoms with Gasteiger partial charge in [0.05, 0.1) is 6.61 Å². The van der Waals surface area contributed by atoms with Gasteiger partial charge in [0.2, 0.25) is 0 Å². The number of thioether (sulfide) groups is 1. The number of anilines is 1. The fraction of sp³-hybridized carbons (Fsp3) is 0.273. The number of benzene rings is 1. The zero-order valence-corrected chi connectivity index (χ0v) is 8.89. The van der Waals surface area contributed by atoms with E-state index in [1.165, 1.54) is 4.90 Å². The van der Waals surface area contributed by atoms with Gasteiger partial charge < -0.3 is 10.4 Å². The summed E-state index contributed by atoms with van der Waals surface area (Å²) in [6.45, 7) is 4.43.